The van der Waals surface area contributed by atoms with Crippen molar-refractivity contribution in [3.05, 3.63) is 188 Å². The van der Waals surface area contributed by atoms with Crippen molar-refractivity contribution in [2.24, 2.45) is 0 Å². The van der Waals surface area contributed by atoms with Gasteiger partial charge in [-0.25, -0.2) is 15.0 Å². The first-order valence-corrected chi connectivity index (χ1v) is 19.3. The number of nitrogens with zero attached hydrogens (tertiary/aromatic N) is 4. The van der Waals surface area contributed by atoms with Crippen molar-refractivity contribution in [2.75, 3.05) is 4.90 Å². The zero-order valence-electron chi connectivity index (χ0n) is 30.6. The summed E-state index contributed by atoms with van der Waals surface area (Å²) < 4.78 is 13.7. The Balaban J connectivity index is 1.07. The van der Waals surface area contributed by atoms with Crippen LogP contribution in [0.15, 0.2) is 191 Å². The average molecular weight is 733 g/mol. The Morgan fingerprint density at radius 2 is 0.982 bits per heavy atom. The minimum Gasteiger partial charge on any atom is -0.456 e. The standard InChI is InChI=1S/C51H32N4O2/c1-3-15-31(16-4-1)49-52-50(32-17-5-2-6-18-32)54-51(53-49)39-25-12-24-38-37-23-11-22-36(47(37)57-48(38)39)35-21-13-29-43-45(35)46-42(28-14-30-44(46)56-43)55-40-26-9-7-19-33(40)34-20-8-10-27-41(34)55/h1-30,33,40H. The number of para-hydroxylation sites is 3. The third-order valence-electron chi connectivity index (χ3n) is 11.5. The van der Waals surface area contributed by atoms with Crippen molar-refractivity contribution in [1.29, 1.82) is 0 Å². The number of hydrogen-bond donors (Lipinski definition) is 0. The molecule has 57 heavy (non-hydrogen) atoms. The molecule has 3 aromatic heterocycles. The molecule has 6 nitrogen and oxygen atoms in total. The maximum absolute atomic E-state index is 7.04. The summed E-state index contributed by atoms with van der Waals surface area (Å²) in [6.45, 7) is 0. The van der Waals surface area contributed by atoms with Crippen LogP contribution in [-0.4, -0.2) is 21.0 Å². The monoisotopic (exact) mass is 732 g/mol. The zero-order chi connectivity index (χ0) is 37.5. The molecule has 268 valence electrons. The SMILES string of the molecule is C1=CC2c3ccccc3N(c3cccc4oc5cccc(-c6cccc7c6oc6c(-c8nc(-c9ccccc9)nc(-c9ccccc9)n8)cccc67)c5c34)C2C=C1. The molecule has 1 aliphatic carbocycles. The summed E-state index contributed by atoms with van der Waals surface area (Å²) >= 11 is 0. The maximum Gasteiger partial charge on any atom is 0.167 e. The molecule has 2 unspecified atom stereocenters. The molecule has 0 spiro atoms. The van der Waals surface area contributed by atoms with E-state index in [1.165, 1.54) is 11.3 Å². The number of fused-ring (bicyclic) bond motifs is 9. The van der Waals surface area contributed by atoms with Gasteiger partial charge < -0.3 is 13.7 Å². The summed E-state index contributed by atoms with van der Waals surface area (Å²) in [6, 6.07) is 54.4. The van der Waals surface area contributed by atoms with Gasteiger partial charge in [0.05, 0.1) is 22.7 Å². The van der Waals surface area contributed by atoms with Crippen LogP contribution < -0.4 is 4.90 Å². The van der Waals surface area contributed by atoms with E-state index in [1.54, 1.807) is 0 Å². The zero-order valence-corrected chi connectivity index (χ0v) is 30.6. The molecule has 1 aliphatic heterocycles. The van der Waals surface area contributed by atoms with Crippen LogP contribution in [0.3, 0.4) is 0 Å². The minimum absolute atomic E-state index is 0.160. The predicted octanol–water partition coefficient (Wildman–Crippen LogP) is 13.1. The van der Waals surface area contributed by atoms with Crippen LogP contribution in [0.5, 0.6) is 0 Å². The Hall–Kier alpha value is -7.57. The highest BCUT2D eigenvalue weighted by Gasteiger charge is 2.38. The van der Waals surface area contributed by atoms with E-state index in [2.05, 4.69) is 120 Å². The minimum atomic E-state index is 0.160. The molecule has 7 aromatic carbocycles. The smallest absolute Gasteiger partial charge is 0.167 e. The van der Waals surface area contributed by atoms with Crippen LogP contribution in [0.2, 0.25) is 0 Å². The lowest BCUT2D eigenvalue weighted by Crippen LogP contribution is -2.28. The second-order valence-electron chi connectivity index (χ2n) is 14.7. The molecule has 0 amide bonds. The summed E-state index contributed by atoms with van der Waals surface area (Å²) in [6.07, 6.45) is 8.97. The fourth-order valence-electron chi connectivity index (χ4n) is 8.98. The van der Waals surface area contributed by atoms with Gasteiger partial charge in [0.2, 0.25) is 0 Å². The lowest BCUT2D eigenvalue weighted by molar-refractivity contribution is 0.668. The Labute approximate surface area is 327 Å². The molecule has 0 bridgehead atoms. The van der Waals surface area contributed by atoms with Crippen LogP contribution in [0.4, 0.5) is 11.4 Å². The number of hydrogen-bond acceptors (Lipinski definition) is 6. The second kappa shape index (κ2) is 12.5. The Morgan fingerprint density at radius 1 is 0.421 bits per heavy atom. The first-order valence-electron chi connectivity index (χ1n) is 19.3. The molecule has 0 saturated heterocycles. The lowest BCUT2D eigenvalue weighted by Gasteiger charge is -2.29. The van der Waals surface area contributed by atoms with Crippen molar-refractivity contribution in [1.82, 2.24) is 15.0 Å². The van der Waals surface area contributed by atoms with E-state index < -0.39 is 0 Å². The molecule has 6 heteroatoms. The maximum atomic E-state index is 7.04. The van der Waals surface area contributed by atoms with Crippen LogP contribution >= 0.6 is 0 Å². The van der Waals surface area contributed by atoms with Gasteiger partial charge in [-0.3, -0.25) is 0 Å². The number of furan rings is 2. The van der Waals surface area contributed by atoms with Crippen LogP contribution in [0, 0.1) is 0 Å². The number of benzene rings is 7. The van der Waals surface area contributed by atoms with Crippen LogP contribution in [-0.2, 0) is 0 Å². The van der Waals surface area contributed by atoms with E-state index in [0.717, 1.165) is 77.4 Å². The molecule has 10 aromatic rings. The van der Waals surface area contributed by atoms with Gasteiger partial charge in [-0.1, -0.05) is 152 Å². The molecule has 0 N–H and O–H groups in total. The first kappa shape index (κ1) is 31.7. The van der Waals surface area contributed by atoms with E-state index in [9.17, 15) is 0 Å². The molecule has 0 radical (unpaired) electrons. The molecular weight excluding hydrogens is 701 g/mol. The van der Waals surface area contributed by atoms with Crippen molar-refractivity contribution in [3.63, 3.8) is 0 Å². The molecule has 2 atom stereocenters. The summed E-state index contributed by atoms with van der Waals surface area (Å²) in [5.74, 6) is 2.04. The molecule has 0 saturated carbocycles. The van der Waals surface area contributed by atoms with Crippen LogP contribution in [0.1, 0.15) is 11.5 Å². The van der Waals surface area contributed by atoms with E-state index >= 15 is 0 Å². The van der Waals surface area contributed by atoms with Gasteiger partial charge in [-0.15, -0.1) is 0 Å². The van der Waals surface area contributed by atoms with Gasteiger partial charge in [-0.05, 0) is 41.5 Å². The Kier molecular flexibility index (Phi) is 6.95. The predicted molar refractivity (Wildman–Crippen MR) is 230 cm³/mol. The van der Waals surface area contributed by atoms with Crippen LogP contribution in [0.25, 0.3) is 89.2 Å². The summed E-state index contributed by atoms with van der Waals surface area (Å²) in [5.41, 5.74) is 11.6. The van der Waals surface area contributed by atoms with E-state index in [-0.39, 0.29) is 12.0 Å². The number of allylic oxidation sites excluding steroid dienone is 2. The summed E-state index contributed by atoms with van der Waals surface area (Å²) in [7, 11) is 0. The fraction of sp³-hybridized carbons (Fsp3) is 0.0392. The quantitative estimate of drug-likeness (QED) is 0.175. The van der Waals surface area contributed by atoms with Gasteiger partial charge >= 0.3 is 0 Å². The van der Waals surface area contributed by atoms with Crippen molar-refractivity contribution in [2.45, 2.75) is 12.0 Å². The van der Waals surface area contributed by atoms with E-state index in [1.807, 2.05) is 66.7 Å². The third kappa shape index (κ3) is 4.87. The lowest BCUT2D eigenvalue weighted by atomic mass is 9.91. The Morgan fingerprint density at radius 3 is 1.74 bits per heavy atom. The second-order valence-corrected chi connectivity index (χ2v) is 14.7. The third-order valence-corrected chi connectivity index (χ3v) is 11.5. The van der Waals surface area contributed by atoms with Gasteiger partial charge in [0.1, 0.15) is 22.3 Å². The molecule has 4 heterocycles. The summed E-state index contributed by atoms with van der Waals surface area (Å²) in [4.78, 5) is 17.5. The highest BCUT2D eigenvalue weighted by molar-refractivity contribution is 6.21. The molecule has 2 aliphatic rings. The van der Waals surface area contributed by atoms with Crippen molar-refractivity contribution < 1.29 is 8.83 Å². The van der Waals surface area contributed by atoms with Gasteiger partial charge in [-0.2, -0.15) is 0 Å². The summed E-state index contributed by atoms with van der Waals surface area (Å²) in [5, 5.41) is 4.16. The van der Waals surface area contributed by atoms with Gasteiger partial charge in [0.25, 0.3) is 0 Å². The molecule has 12 rings (SSSR count). The topological polar surface area (TPSA) is 68.2 Å². The van der Waals surface area contributed by atoms with Gasteiger partial charge in [0, 0.05) is 44.5 Å². The fourth-order valence-corrected chi connectivity index (χ4v) is 8.98. The highest BCUT2D eigenvalue weighted by Crippen LogP contribution is 2.52. The molecular formula is C51H32N4O2. The Bertz CT molecular complexity index is 3210. The normalized spacial score (nSPS) is 15.9. The van der Waals surface area contributed by atoms with Gasteiger partial charge in [0.15, 0.2) is 17.5 Å². The first-order chi connectivity index (χ1) is 28.3. The average Bonchev–Trinajstić information content (AvgIpc) is 3.97. The van der Waals surface area contributed by atoms with E-state index in [0.29, 0.717) is 17.5 Å². The number of anilines is 2. The molecule has 0 fully saturated rings. The number of rotatable bonds is 5. The van der Waals surface area contributed by atoms with Crippen molar-refractivity contribution >= 4 is 55.3 Å². The van der Waals surface area contributed by atoms with Crippen molar-refractivity contribution in [3.8, 4) is 45.3 Å². The number of aromatic nitrogens is 3. The highest BCUT2D eigenvalue weighted by atomic mass is 16.3. The van der Waals surface area contributed by atoms with E-state index in [4.69, 9.17) is 23.8 Å². The largest absolute Gasteiger partial charge is 0.456 e.